The van der Waals surface area contributed by atoms with Gasteiger partial charge in [0.25, 0.3) is 0 Å². The summed E-state index contributed by atoms with van der Waals surface area (Å²) in [5.41, 5.74) is 24.7. The average Bonchev–Trinajstić information content (AvgIpc) is 3.73. The van der Waals surface area contributed by atoms with E-state index in [9.17, 15) is 0 Å². The Kier molecular flexibility index (Phi) is 10.7. The van der Waals surface area contributed by atoms with Crippen molar-refractivity contribution in [1.82, 2.24) is 0 Å². The summed E-state index contributed by atoms with van der Waals surface area (Å²) in [6.45, 7) is 23.4. The van der Waals surface area contributed by atoms with Gasteiger partial charge in [-0.3, -0.25) is 0 Å². The van der Waals surface area contributed by atoms with E-state index in [0.717, 1.165) is 22.7 Å². The maximum Gasteiger partial charge on any atom is 0.0543 e. The highest BCUT2D eigenvalue weighted by molar-refractivity contribution is 6.01. The largest absolute Gasteiger partial charge is 0.310 e. The molecule has 2 aliphatic carbocycles. The molecule has 0 saturated heterocycles. The van der Waals surface area contributed by atoms with Gasteiger partial charge in [0.15, 0.2) is 0 Å². The SMILES string of the molecule is CC(C)(C)c1ccc(N(c2ccc(-c3ccccc3)cc2)c2cccc3c2-c2cc4c(cc2C3(C)C)-c2c(N(c3ccc(-c5ccccc5)cc3)c3ccc(C(C)(C)C)cc3)cccc2C4(C)C)cc1. The van der Waals surface area contributed by atoms with Crippen molar-refractivity contribution < 1.29 is 0 Å². The fraction of sp³-hybridized carbons (Fsp3) is 0.206. The van der Waals surface area contributed by atoms with E-state index in [1.165, 1.54) is 89.3 Å². The molecule has 9 aromatic rings. The van der Waals surface area contributed by atoms with E-state index in [-0.39, 0.29) is 21.7 Å². The minimum Gasteiger partial charge on any atom is -0.310 e. The molecule has 11 rings (SSSR count). The molecule has 0 unspecified atom stereocenters. The summed E-state index contributed by atoms with van der Waals surface area (Å²) in [4.78, 5) is 4.98. The van der Waals surface area contributed by atoms with Gasteiger partial charge in [-0.25, -0.2) is 0 Å². The van der Waals surface area contributed by atoms with Crippen molar-refractivity contribution in [2.75, 3.05) is 9.80 Å². The van der Waals surface area contributed by atoms with Crippen LogP contribution in [0.15, 0.2) is 206 Å². The number of nitrogens with zero attached hydrogens (tertiary/aromatic N) is 2. The Balaban J connectivity index is 1.09. The summed E-state index contributed by atoms with van der Waals surface area (Å²) < 4.78 is 0. The van der Waals surface area contributed by atoms with Gasteiger partial charge >= 0.3 is 0 Å². The van der Waals surface area contributed by atoms with Crippen LogP contribution < -0.4 is 9.80 Å². The van der Waals surface area contributed by atoms with Crippen LogP contribution in [0.1, 0.15) is 103 Å². The van der Waals surface area contributed by atoms with E-state index >= 15 is 0 Å². The third-order valence-electron chi connectivity index (χ3n) is 15.4. The maximum atomic E-state index is 2.57. The zero-order valence-corrected chi connectivity index (χ0v) is 42.5. The smallest absolute Gasteiger partial charge is 0.0543 e. The molecule has 2 heteroatoms. The molecule has 0 spiro atoms. The van der Waals surface area contributed by atoms with E-state index < -0.39 is 0 Å². The lowest BCUT2D eigenvalue weighted by Crippen LogP contribution is -2.17. The third kappa shape index (κ3) is 7.57. The molecule has 0 radical (unpaired) electrons. The number of hydrogen-bond acceptors (Lipinski definition) is 2. The van der Waals surface area contributed by atoms with Crippen LogP contribution in [0.3, 0.4) is 0 Å². The second-order valence-electron chi connectivity index (χ2n) is 22.7. The summed E-state index contributed by atoms with van der Waals surface area (Å²) in [5.74, 6) is 0. The van der Waals surface area contributed by atoms with Crippen molar-refractivity contribution in [1.29, 1.82) is 0 Å². The highest BCUT2D eigenvalue weighted by atomic mass is 15.2. The van der Waals surface area contributed by atoms with Gasteiger partial charge < -0.3 is 9.80 Å². The lowest BCUT2D eigenvalue weighted by atomic mass is 9.79. The van der Waals surface area contributed by atoms with Crippen molar-refractivity contribution in [2.24, 2.45) is 0 Å². The molecule has 0 saturated carbocycles. The number of fused-ring (bicyclic) bond motifs is 6. The predicted octanol–water partition coefficient (Wildman–Crippen LogP) is 19.2. The van der Waals surface area contributed by atoms with E-state index in [1.54, 1.807) is 0 Å². The first-order valence-corrected chi connectivity index (χ1v) is 25.1. The van der Waals surface area contributed by atoms with Gasteiger partial charge in [0, 0.05) is 44.7 Å². The van der Waals surface area contributed by atoms with E-state index in [4.69, 9.17) is 0 Å². The first-order valence-electron chi connectivity index (χ1n) is 25.1. The molecule has 0 bridgehead atoms. The molecule has 0 atom stereocenters. The molecule has 346 valence electrons. The predicted molar refractivity (Wildman–Crippen MR) is 299 cm³/mol. The molecule has 0 heterocycles. The number of rotatable bonds is 8. The first kappa shape index (κ1) is 45.0. The average molecular weight is 909 g/mol. The standard InChI is InChI=1S/C68H64N2/c1-65(2,3)49-31-39-53(40-32-49)69(51-35-27-47(28-36-51)45-19-13-11-14-20-45)61-25-17-23-57-63(61)55-43-60-56(44-59(55)67(57,7)8)64-58(68(60,9)10)24-18-26-62(64)70(54-41-33-50(34-42-54)66(4,5)6)52-37-29-48(30-38-52)46-21-15-12-16-22-46/h11-44H,1-10H3. The van der Waals surface area contributed by atoms with Crippen molar-refractivity contribution in [3.63, 3.8) is 0 Å². The van der Waals surface area contributed by atoms with Crippen molar-refractivity contribution >= 4 is 34.1 Å². The van der Waals surface area contributed by atoms with Crippen LogP contribution in [-0.4, -0.2) is 0 Å². The zero-order valence-electron chi connectivity index (χ0n) is 42.5. The van der Waals surface area contributed by atoms with Crippen molar-refractivity contribution in [2.45, 2.75) is 90.9 Å². The topological polar surface area (TPSA) is 6.48 Å². The van der Waals surface area contributed by atoms with Crippen LogP contribution in [0.4, 0.5) is 34.1 Å². The molecule has 2 nitrogen and oxygen atoms in total. The summed E-state index contributed by atoms with van der Waals surface area (Å²) in [7, 11) is 0. The Hall–Kier alpha value is -7.42. The highest BCUT2D eigenvalue weighted by Gasteiger charge is 2.44. The highest BCUT2D eigenvalue weighted by Crippen LogP contribution is 2.61. The Bertz CT molecular complexity index is 3150. The van der Waals surface area contributed by atoms with E-state index in [2.05, 4.69) is 285 Å². The fourth-order valence-corrected chi connectivity index (χ4v) is 11.3. The summed E-state index contributed by atoms with van der Waals surface area (Å²) in [6, 6.07) is 77.2. The van der Waals surface area contributed by atoms with Gasteiger partial charge in [0.05, 0.1) is 11.4 Å². The lowest BCUT2D eigenvalue weighted by molar-refractivity contribution is 0.590. The fourth-order valence-electron chi connectivity index (χ4n) is 11.3. The summed E-state index contributed by atoms with van der Waals surface area (Å²) in [5, 5.41) is 0. The molecule has 9 aromatic carbocycles. The Morgan fingerprint density at radius 1 is 0.300 bits per heavy atom. The number of anilines is 6. The van der Waals surface area contributed by atoms with Crippen LogP contribution >= 0.6 is 0 Å². The number of benzene rings is 9. The Morgan fingerprint density at radius 2 is 0.600 bits per heavy atom. The van der Waals surface area contributed by atoms with Crippen molar-refractivity contribution in [3.8, 4) is 44.5 Å². The second kappa shape index (κ2) is 16.6. The Labute approximate surface area is 417 Å². The summed E-state index contributed by atoms with van der Waals surface area (Å²) >= 11 is 0. The molecular formula is C68H64N2. The molecule has 0 fully saturated rings. The maximum absolute atomic E-state index is 2.57. The van der Waals surface area contributed by atoms with E-state index in [0.29, 0.717) is 0 Å². The van der Waals surface area contributed by atoms with Gasteiger partial charge in [-0.2, -0.15) is 0 Å². The van der Waals surface area contributed by atoms with Gasteiger partial charge in [-0.05, 0) is 150 Å². The molecular weight excluding hydrogens is 845 g/mol. The lowest BCUT2D eigenvalue weighted by Gasteiger charge is -2.30. The summed E-state index contributed by atoms with van der Waals surface area (Å²) in [6.07, 6.45) is 0. The van der Waals surface area contributed by atoms with Crippen LogP contribution in [0.5, 0.6) is 0 Å². The molecule has 0 amide bonds. The van der Waals surface area contributed by atoms with Gasteiger partial charge in [0.1, 0.15) is 0 Å². The molecule has 0 N–H and O–H groups in total. The van der Waals surface area contributed by atoms with Crippen molar-refractivity contribution in [3.05, 3.63) is 240 Å². The quantitative estimate of drug-likeness (QED) is 0.150. The normalized spacial score (nSPS) is 14.1. The van der Waals surface area contributed by atoms with Gasteiger partial charge in [-0.15, -0.1) is 0 Å². The molecule has 2 aliphatic rings. The van der Waals surface area contributed by atoms with Crippen LogP contribution in [-0.2, 0) is 21.7 Å². The number of hydrogen-bond donors (Lipinski definition) is 0. The monoisotopic (exact) mass is 909 g/mol. The first-order chi connectivity index (χ1) is 33.5. The van der Waals surface area contributed by atoms with Crippen LogP contribution in [0.2, 0.25) is 0 Å². The Morgan fingerprint density at radius 3 is 0.914 bits per heavy atom. The third-order valence-corrected chi connectivity index (χ3v) is 15.4. The minimum atomic E-state index is -0.258. The second-order valence-corrected chi connectivity index (χ2v) is 22.7. The zero-order chi connectivity index (χ0) is 48.7. The van der Waals surface area contributed by atoms with E-state index in [1.807, 2.05) is 0 Å². The van der Waals surface area contributed by atoms with Crippen LogP contribution in [0, 0.1) is 0 Å². The van der Waals surface area contributed by atoms with Crippen LogP contribution in [0.25, 0.3) is 44.5 Å². The molecule has 0 aromatic heterocycles. The minimum absolute atomic E-state index is 0.0448. The van der Waals surface area contributed by atoms with Gasteiger partial charge in [-0.1, -0.05) is 203 Å². The molecule has 0 aliphatic heterocycles. The van der Waals surface area contributed by atoms with Gasteiger partial charge in [0.2, 0.25) is 0 Å². The molecule has 70 heavy (non-hydrogen) atoms.